The van der Waals surface area contributed by atoms with Crippen LogP contribution in [0.25, 0.3) is 0 Å². The molecule has 0 fully saturated rings. The summed E-state index contributed by atoms with van der Waals surface area (Å²) in [4.78, 5) is 0. The Labute approximate surface area is 50.1 Å². The van der Waals surface area contributed by atoms with Crippen molar-refractivity contribution in [2.45, 2.75) is 0 Å². The van der Waals surface area contributed by atoms with Gasteiger partial charge in [0, 0.05) is 0 Å². The average molecular weight is 165 g/mol. The minimum absolute atomic E-state index is 0. The first-order valence-electron chi connectivity index (χ1n) is 0. The summed E-state index contributed by atoms with van der Waals surface area (Å²) in [6.45, 7) is 0. The third-order valence-corrected chi connectivity index (χ3v) is 0. The van der Waals surface area contributed by atoms with Crippen LogP contribution in [0.1, 0.15) is 0 Å². The Morgan fingerprint density at radius 3 is 0.500 bits per heavy atom. The molecule has 4 heavy (non-hydrogen) atoms. The fourth-order valence-electron chi connectivity index (χ4n) is 0. The zero-order chi connectivity index (χ0) is 0. The molecule has 0 aromatic heterocycles. The van der Waals surface area contributed by atoms with Gasteiger partial charge in [-0.1, -0.05) is 0 Å². The van der Waals surface area contributed by atoms with Crippen LogP contribution >= 0.6 is 0 Å². The second-order valence-corrected chi connectivity index (χ2v) is 0. The minimum atomic E-state index is 0. The quantitative estimate of drug-likeness (QED) is 0.460. The maximum atomic E-state index is 0. The van der Waals surface area contributed by atoms with Gasteiger partial charge in [0.05, 0.1) is 0 Å². The second-order valence-electron chi connectivity index (χ2n) is 0. The molecule has 0 spiro atoms. The van der Waals surface area contributed by atoms with Crippen LogP contribution in [0.4, 0.5) is 0 Å². The Morgan fingerprint density at radius 1 is 0.500 bits per heavy atom. The molecular formula is H2O2Zn2+2. The van der Waals surface area contributed by atoms with Crippen molar-refractivity contribution in [3.05, 3.63) is 0 Å². The van der Waals surface area contributed by atoms with Crippen molar-refractivity contribution in [1.82, 2.24) is 0 Å². The summed E-state index contributed by atoms with van der Waals surface area (Å²) in [7, 11) is 0. The summed E-state index contributed by atoms with van der Waals surface area (Å²) in [5, 5.41) is 0. The van der Waals surface area contributed by atoms with Crippen molar-refractivity contribution in [2.75, 3.05) is 0 Å². The van der Waals surface area contributed by atoms with Gasteiger partial charge < -0.3 is 11.0 Å². The van der Waals surface area contributed by atoms with Crippen molar-refractivity contribution in [3.63, 3.8) is 0 Å². The number of hydrogen-bond acceptors (Lipinski definition) is 2. The first kappa shape index (κ1) is 65.9. The van der Waals surface area contributed by atoms with E-state index in [0.717, 1.165) is 0 Å². The van der Waals surface area contributed by atoms with Gasteiger partial charge >= 0.3 is 39.0 Å². The standard InChI is InChI=1S/2H2O.2Zn/h2*1H2;;/q;;2*+2/p-2. The fourth-order valence-corrected chi connectivity index (χ4v) is 0. The molecule has 0 amide bonds. The van der Waals surface area contributed by atoms with Gasteiger partial charge in [-0.2, -0.15) is 0 Å². The Bertz CT molecular complexity index is 4.00. The molecule has 2 N–H and O–H groups in total. The first-order valence-corrected chi connectivity index (χ1v) is 0. The predicted molar refractivity (Wildman–Crippen MR) is 3.87 cm³/mol. The molecule has 0 aromatic rings. The van der Waals surface area contributed by atoms with Gasteiger partial charge in [-0.25, -0.2) is 0 Å². The monoisotopic (exact) mass is 162 g/mol. The first-order chi connectivity index (χ1) is 0. The van der Waals surface area contributed by atoms with Gasteiger partial charge in [0.1, 0.15) is 0 Å². The summed E-state index contributed by atoms with van der Waals surface area (Å²) in [6, 6.07) is 0. The molecule has 4 heteroatoms. The smallest absolute Gasteiger partial charge is 0.870 e. The second kappa shape index (κ2) is 30.7. The van der Waals surface area contributed by atoms with Crippen molar-refractivity contribution < 1.29 is 49.9 Å². The minimum Gasteiger partial charge on any atom is -0.870 e. The van der Waals surface area contributed by atoms with E-state index in [1.165, 1.54) is 0 Å². The van der Waals surface area contributed by atoms with Crippen molar-refractivity contribution in [2.24, 2.45) is 0 Å². The van der Waals surface area contributed by atoms with E-state index < -0.39 is 0 Å². The van der Waals surface area contributed by atoms with Gasteiger partial charge in [0.25, 0.3) is 0 Å². The van der Waals surface area contributed by atoms with Crippen LogP contribution in [0.2, 0.25) is 0 Å². The molecule has 0 aliphatic heterocycles. The van der Waals surface area contributed by atoms with E-state index in [-0.39, 0.29) is 49.9 Å². The average Bonchev–Trinajstić information content (AvgIpc) is 0. The van der Waals surface area contributed by atoms with Crippen molar-refractivity contribution in [3.8, 4) is 0 Å². The van der Waals surface area contributed by atoms with E-state index in [1.807, 2.05) is 0 Å². The van der Waals surface area contributed by atoms with Gasteiger partial charge in [0.2, 0.25) is 0 Å². The molecule has 0 aromatic carbocycles. The van der Waals surface area contributed by atoms with Gasteiger partial charge in [-0.3, -0.25) is 0 Å². The van der Waals surface area contributed by atoms with Crippen molar-refractivity contribution >= 4 is 0 Å². The Hall–Kier alpha value is 1.17. The molecule has 0 aliphatic carbocycles. The van der Waals surface area contributed by atoms with Gasteiger partial charge in [0.15, 0.2) is 0 Å². The molecule has 0 radical (unpaired) electrons. The van der Waals surface area contributed by atoms with Crippen LogP contribution in [-0.2, 0) is 39.0 Å². The third kappa shape index (κ3) is 10.9. The van der Waals surface area contributed by atoms with E-state index in [2.05, 4.69) is 0 Å². The van der Waals surface area contributed by atoms with Crippen molar-refractivity contribution in [1.29, 1.82) is 0 Å². The molecule has 0 saturated carbocycles. The SMILES string of the molecule is [OH-].[OH-].[Zn+2].[Zn+2]. The van der Waals surface area contributed by atoms with Crippen LogP contribution in [0, 0.1) is 0 Å². The van der Waals surface area contributed by atoms with E-state index in [1.54, 1.807) is 0 Å². The molecular weight excluding hydrogens is 163 g/mol. The Balaban J connectivity index is 0. The van der Waals surface area contributed by atoms with E-state index in [9.17, 15) is 0 Å². The zero-order valence-electron chi connectivity index (χ0n) is 2.31. The van der Waals surface area contributed by atoms with Crippen LogP contribution in [0.3, 0.4) is 0 Å². The molecule has 0 heterocycles. The molecule has 0 unspecified atom stereocenters. The largest absolute Gasteiger partial charge is 2.00 e. The van der Waals surface area contributed by atoms with Crippen LogP contribution in [0.5, 0.6) is 0 Å². The third-order valence-electron chi connectivity index (χ3n) is 0. The van der Waals surface area contributed by atoms with Gasteiger partial charge in [-0.05, 0) is 0 Å². The molecule has 16 valence electrons. The van der Waals surface area contributed by atoms with E-state index in [4.69, 9.17) is 0 Å². The topological polar surface area (TPSA) is 60.0 Å². The summed E-state index contributed by atoms with van der Waals surface area (Å²) in [5.74, 6) is 0. The molecule has 0 atom stereocenters. The zero-order valence-corrected chi connectivity index (χ0v) is 8.24. The number of rotatable bonds is 0. The molecule has 0 saturated heterocycles. The summed E-state index contributed by atoms with van der Waals surface area (Å²) in [5.41, 5.74) is 0. The summed E-state index contributed by atoms with van der Waals surface area (Å²) >= 11 is 0. The van der Waals surface area contributed by atoms with Gasteiger partial charge in [-0.15, -0.1) is 0 Å². The van der Waals surface area contributed by atoms with Crippen LogP contribution in [-0.4, -0.2) is 11.0 Å². The maximum Gasteiger partial charge on any atom is 2.00 e. The summed E-state index contributed by atoms with van der Waals surface area (Å²) in [6.07, 6.45) is 0. The molecule has 0 bridgehead atoms. The summed E-state index contributed by atoms with van der Waals surface area (Å²) < 4.78 is 0. The molecule has 0 rings (SSSR count). The van der Waals surface area contributed by atoms with E-state index in [0.29, 0.717) is 0 Å². The van der Waals surface area contributed by atoms with Crippen LogP contribution in [0.15, 0.2) is 0 Å². The van der Waals surface area contributed by atoms with E-state index >= 15 is 0 Å². The Kier molecular flexibility index (Phi) is 506. The van der Waals surface area contributed by atoms with Crippen LogP contribution < -0.4 is 0 Å². The molecule has 0 aliphatic rings. The number of hydrogen-bond donors (Lipinski definition) is 0. The molecule has 2 nitrogen and oxygen atoms in total. The predicted octanol–water partition coefficient (Wildman–Crippen LogP) is -0.359. The maximum absolute atomic E-state index is 0. The fraction of sp³-hybridized carbons (Fsp3) is 0. The Morgan fingerprint density at radius 2 is 0.500 bits per heavy atom. The normalized spacial score (nSPS) is 0.